The van der Waals surface area contributed by atoms with Crippen LogP contribution in [0.3, 0.4) is 0 Å². The fourth-order valence-electron chi connectivity index (χ4n) is 1.13. The number of nitrogens with one attached hydrogen (secondary N) is 1. The molecule has 1 N–H and O–H groups in total. The predicted molar refractivity (Wildman–Crippen MR) is 63.0 cm³/mol. The zero-order valence-corrected chi connectivity index (χ0v) is 10.6. The van der Waals surface area contributed by atoms with Crippen LogP contribution in [0.25, 0.3) is 0 Å². The fourth-order valence-corrected chi connectivity index (χ4v) is 2.78. The van der Waals surface area contributed by atoms with Crippen molar-refractivity contribution in [3.8, 4) is 0 Å². The summed E-state index contributed by atoms with van der Waals surface area (Å²) in [6.07, 6.45) is 1.22. The van der Waals surface area contributed by atoms with Crippen LogP contribution in [0.4, 0.5) is 0 Å². The molecule has 16 heavy (non-hydrogen) atoms. The highest BCUT2D eigenvalue weighted by Gasteiger charge is 2.18. The van der Waals surface area contributed by atoms with Crippen molar-refractivity contribution in [1.29, 1.82) is 0 Å². The van der Waals surface area contributed by atoms with Crippen molar-refractivity contribution in [1.82, 2.24) is 9.71 Å². The Hall–Kier alpha value is -1.21. The number of aryl methyl sites for hydroxylation is 2. The molecule has 7 heteroatoms. The van der Waals surface area contributed by atoms with E-state index in [1.165, 1.54) is 17.4 Å². The molecule has 0 fully saturated rings. The number of nitrogens with zero attached hydrogens (tertiary/aromatic N) is 1. The third kappa shape index (κ3) is 3.14. The maximum atomic E-state index is 11.6. The van der Waals surface area contributed by atoms with Crippen molar-refractivity contribution in [2.24, 2.45) is 0 Å². The second-order valence-corrected chi connectivity index (χ2v) is 6.12. The van der Waals surface area contributed by atoms with Crippen LogP contribution in [0.1, 0.15) is 20.4 Å². The Morgan fingerprint density at radius 2 is 2.19 bits per heavy atom. The van der Waals surface area contributed by atoms with E-state index in [0.29, 0.717) is 10.6 Å². The fraction of sp³-hybridized carbons (Fsp3) is 0.333. The summed E-state index contributed by atoms with van der Waals surface area (Å²) in [5.74, 6) is -0.916. The topological polar surface area (TPSA) is 76.1 Å². The van der Waals surface area contributed by atoms with Crippen LogP contribution in [-0.2, 0) is 10.0 Å². The first kappa shape index (κ1) is 12.9. The second kappa shape index (κ2) is 4.75. The first-order chi connectivity index (χ1) is 7.35. The van der Waals surface area contributed by atoms with Gasteiger partial charge in [0.1, 0.15) is 4.88 Å². The maximum absolute atomic E-state index is 11.6. The molecule has 1 aromatic rings. The average Bonchev–Trinajstić information content (AvgIpc) is 2.44. The molecule has 0 atom stereocenters. The molecule has 0 radical (unpaired) electrons. The van der Waals surface area contributed by atoms with Gasteiger partial charge in [-0.15, -0.1) is 17.9 Å². The number of rotatable bonds is 4. The van der Waals surface area contributed by atoms with E-state index in [-0.39, 0.29) is 5.75 Å². The van der Waals surface area contributed by atoms with Gasteiger partial charge in [0, 0.05) is 0 Å². The molecule has 1 aromatic heterocycles. The van der Waals surface area contributed by atoms with E-state index in [0.717, 1.165) is 5.01 Å². The number of carbonyl (C=O) groups is 1. The van der Waals surface area contributed by atoms with Gasteiger partial charge in [0.15, 0.2) is 0 Å². The second-order valence-electron chi connectivity index (χ2n) is 3.15. The van der Waals surface area contributed by atoms with Crippen LogP contribution in [-0.4, -0.2) is 25.1 Å². The van der Waals surface area contributed by atoms with Crippen LogP contribution >= 0.6 is 11.3 Å². The molecule has 0 saturated heterocycles. The minimum absolute atomic E-state index is 0.282. The summed E-state index contributed by atoms with van der Waals surface area (Å²) < 4.78 is 24.6. The summed E-state index contributed by atoms with van der Waals surface area (Å²) in [6, 6.07) is 0. The van der Waals surface area contributed by atoms with Crippen molar-refractivity contribution in [2.45, 2.75) is 13.8 Å². The van der Waals surface area contributed by atoms with Gasteiger partial charge in [0.2, 0.25) is 10.0 Å². The molecule has 1 heterocycles. The minimum Gasteiger partial charge on any atom is -0.267 e. The zero-order chi connectivity index (χ0) is 12.3. The first-order valence-electron chi connectivity index (χ1n) is 4.45. The number of sulfonamides is 1. The summed E-state index contributed by atoms with van der Waals surface area (Å²) in [4.78, 5) is 16.0. The molecule has 0 spiro atoms. The molecule has 1 amide bonds. The molecule has 0 aliphatic rings. The van der Waals surface area contributed by atoms with Crippen LogP contribution < -0.4 is 4.72 Å². The van der Waals surface area contributed by atoms with E-state index >= 15 is 0 Å². The van der Waals surface area contributed by atoms with Gasteiger partial charge in [0.25, 0.3) is 5.91 Å². The van der Waals surface area contributed by atoms with E-state index in [1.54, 1.807) is 13.8 Å². The van der Waals surface area contributed by atoms with Crippen molar-refractivity contribution in [3.63, 3.8) is 0 Å². The van der Waals surface area contributed by atoms with Gasteiger partial charge in [-0.3, -0.25) is 4.79 Å². The number of amides is 1. The van der Waals surface area contributed by atoms with Gasteiger partial charge in [0.05, 0.1) is 16.5 Å². The molecular formula is C9H12N2O3S2. The molecule has 5 nitrogen and oxygen atoms in total. The SMILES string of the molecule is C=CCS(=O)(=O)NC(=O)c1sc(C)nc1C. The van der Waals surface area contributed by atoms with E-state index in [4.69, 9.17) is 0 Å². The first-order valence-corrected chi connectivity index (χ1v) is 6.92. The highest BCUT2D eigenvalue weighted by Crippen LogP contribution is 2.16. The molecule has 88 valence electrons. The van der Waals surface area contributed by atoms with Gasteiger partial charge >= 0.3 is 0 Å². The smallest absolute Gasteiger partial charge is 0.267 e. The third-order valence-corrected chi connectivity index (χ3v) is 3.94. The molecule has 0 saturated carbocycles. The van der Waals surface area contributed by atoms with Gasteiger partial charge in [-0.1, -0.05) is 6.08 Å². The zero-order valence-electron chi connectivity index (χ0n) is 8.98. The van der Waals surface area contributed by atoms with Crippen LogP contribution in [0.5, 0.6) is 0 Å². The number of thiazole rings is 1. The molecule has 0 bridgehead atoms. The molecule has 0 aliphatic carbocycles. The summed E-state index contributed by atoms with van der Waals surface area (Å²) in [5, 5.41) is 0.726. The van der Waals surface area contributed by atoms with Crippen molar-refractivity contribution in [2.75, 3.05) is 5.75 Å². The highest BCUT2D eigenvalue weighted by molar-refractivity contribution is 7.90. The lowest BCUT2D eigenvalue weighted by atomic mass is 10.4. The molecule has 0 aliphatic heterocycles. The number of hydrogen-bond donors (Lipinski definition) is 1. The Morgan fingerprint density at radius 1 is 1.56 bits per heavy atom. The van der Waals surface area contributed by atoms with Gasteiger partial charge in [-0.05, 0) is 13.8 Å². The van der Waals surface area contributed by atoms with Crippen LogP contribution in [0.2, 0.25) is 0 Å². The number of aromatic nitrogens is 1. The van der Waals surface area contributed by atoms with Crippen LogP contribution in [0.15, 0.2) is 12.7 Å². The van der Waals surface area contributed by atoms with E-state index in [9.17, 15) is 13.2 Å². The standard InChI is InChI=1S/C9H12N2O3S2/c1-4-5-16(13,14)11-9(12)8-6(2)10-7(3)15-8/h4H,1,5H2,2-3H3,(H,11,12). The van der Waals surface area contributed by atoms with Crippen molar-refractivity contribution in [3.05, 3.63) is 28.2 Å². The monoisotopic (exact) mass is 260 g/mol. The highest BCUT2D eigenvalue weighted by atomic mass is 32.2. The van der Waals surface area contributed by atoms with Crippen molar-refractivity contribution < 1.29 is 13.2 Å². The lowest BCUT2D eigenvalue weighted by molar-refractivity contribution is 0.0984. The molecule has 0 aromatic carbocycles. The summed E-state index contributed by atoms with van der Waals surface area (Å²) in [7, 11) is -3.63. The van der Waals surface area contributed by atoms with E-state index in [2.05, 4.69) is 11.6 Å². The summed E-state index contributed by atoms with van der Waals surface area (Å²) in [6.45, 7) is 6.73. The Kier molecular flexibility index (Phi) is 3.82. The summed E-state index contributed by atoms with van der Waals surface area (Å²) in [5.41, 5.74) is 0.536. The predicted octanol–water partition coefficient (Wildman–Crippen LogP) is 1.01. The van der Waals surface area contributed by atoms with Crippen LogP contribution in [0, 0.1) is 13.8 Å². The minimum atomic E-state index is -3.63. The lowest BCUT2D eigenvalue weighted by Gasteiger charge is -2.02. The van der Waals surface area contributed by atoms with E-state index < -0.39 is 15.9 Å². The molecule has 1 rings (SSSR count). The number of hydrogen-bond acceptors (Lipinski definition) is 5. The Morgan fingerprint density at radius 3 is 2.62 bits per heavy atom. The molecular weight excluding hydrogens is 248 g/mol. The molecule has 0 unspecified atom stereocenters. The normalized spacial score (nSPS) is 11.1. The quantitative estimate of drug-likeness (QED) is 0.820. The Labute approximate surface area is 98.3 Å². The van der Waals surface area contributed by atoms with Gasteiger partial charge < -0.3 is 0 Å². The Balaban J connectivity index is 2.89. The number of carbonyl (C=O) groups excluding carboxylic acids is 1. The largest absolute Gasteiger partial charge is 0.276 e. The lowest BCUT2D eigenvalue weighted by Crippen LogP contribution is -2.31. The Bertz CT molecular complexity index is 517. The summed E-state index contributed by atoms with van der Waals surface area (Å²) >= 11 is 1.17. The van der Waals surface area contributed by atoms with Gasteiger partial charge in [-0.2, -0.15) is 0 Å². The average molecular weight is 260 g/mol. The van der Waals surface area contributed by atoms with Crippen molar-refractivity contribution >= 4 is 27.3 Å². The van der Waals surface area contributed by atoms with E-state index in [1.807, 2.05) is 4.72 Å². The third-order valence-electron chi connectivity index (χ3n) is 1.70. The maximum Gasteiger partial charge on any atom is 0.276 e. The van der Waals surface area contributed by atoms with Gasteiger partial charge in [-0.25, -0.2) is 18.1 Å².